The molecule has 1 aromatic carbocycles. The van der Waals surface area contributed by atoms with Gasteiger partial charge >= 0.3 is 0 Å². The molecule has 0 aliphatic carbocycles. The highest BCUT2D eigenvalue weighted by Crippen LogP contribution is 2.23. The molecule has 4 nitrogen and oxygen atoms in total. The summed E-state index contributed by atoms with van der Waals surface area (Å²) in [5.41, 5.74) is 1.93. The Morgan fingerprint density at radius 3 is 2.70 bits per heavy atom. The Kier molecular flexibility index (Phi) is 4.73. The van der Waals surface area contributed by atoms with Crippen LogP contribution in [0.3, 0.4) is 0 Å². The molecule has 0 radical (unpaired) electrons. The number of nitrogens with one attached hydrogen (secondary N) is 2. The van der Waals surface area contributed by atoms with E-state index >= 15 is 0 Å². The van der Waals surface area contributed by atoms with Crippen LogP contribution in [-0.2, 0) is 11.2 Å². The molecule has 0 spiro atoms. The summed E-state index contributed by atoms with van der Waals surface area (Å²) in [7, 11) is 0. The van der Waals surface area contributed by atoms with Crippen molar-refractivity contribution in [1.29, 1.82) is 0 Å². The first-order valence-corrected chi connectivity index (χ1v) is 8.42. The number of carbonyl (C=O) groups is 1. The molecule has 6 heteroatoms. The SMILES string of the molecule is Cc1[nH]c(=S)sc1CC(=O)N[C@@H](c1ccccc1)c1ccco1. The highest BCUT2D eigenvalue weighted by Gasteiger charge is 2.20. The van der Waals surface area contributed by atoms with E-state index < -0.39 is 0 Å². The molecular weight excluding hydrogens is 328 g/mol. The molecule has 2 heterocycles. The maximum Gasteiger partial charge on any atom is 0.226 e. The first-order chi connectivity index (χ1) is 11.1. The summed E-state index contributed by atoms with van der Waals surface area (Å²) >= 11 is 6.56. The van der Waals surface area contributed by atoms with Gasteiger partial charge in [-0.1, -0.05) is 30.3 Å². The normalized spacial score (nSPS) is 12.0. The maximum absolute atomic E-state index is 12.5. The van der Waals surface area contributed by atoms with Crippen molar-refractivity contribution in [2.75, 3.05) is 0 Å². The summed E-state index contributed by atoms with van der Waals surface area (Å²) in [6.45, 7) is 1.93. The number of aryl methyl sites for hydroxylation is 1. The Bertz CT molecular complexity index is 835. The van der Waals surface area contributed by atoms with Gasteiger partial charge < -0.3 is 14.7 Å². The number of hydrogen-bond acceptors (Lipinski definition) is 4. The summed E-state index contributed by atoms with van der Waals surface area (Å²) in [6.07, 6.45) is 1.91. The monoisotopic (exact) mass is 344 g/mol. The van der Waals surface area contributed by atoms with E-state index in [1.54, 1.807) is 6.26 Å². The van der Waals surface area contributed by atoms with Gasteiger partial charge in [0.15, 0.2) is 3.95 Å². The number of aromatic nitrogens is 1. The first-order valence-electron chi connectivity index (χ1n) is 7.20. The van der Waals surface area contributed by atoms with E-state index in [0.717, 1.165) is 16.1 Å². The molecule has 1 atom stereocenters. The Balaban J connectivity index is 1.80. The number of rotatable bonds is 5. The van der Waals surface area contributed by atoms with Gasteiger partial charge in [0.05, 0.1) is 12.7 Å². The fourth-order valence-corrected chi connectivity index (χ4v) is 3.67. The Morgan fingerprint density at radius 1 is 1.30 bits per heavy atom. The van der Waals surface area contributed by atoms with Crippen LogP contribution < -0.4 is 5.32 Å². The minimum Gasteiger partial charge on any atom is -0.467 e. The highest BCUT2D eigenvalue weighted by molar-refractivity contribution is 7.73. The highest BCUT2D eigenvalue weighted by atomic mass is 32.1. The van der Waals surface area contributed by atoms with Crippen molar-refractivity contribution < 1.29 is 9.21 Å². The molecule has 23 heavy (non-hydrogen) atoms. The van der Waals surface area contributed by atoms with Gasteiger partial charge in [0.1, 0.15) is 11.8 Å². The van der Waals surface area contributed by atoms with E-state index in [9.17, 15) is 4.79 Å². The molecule has 0 fully saturated rings. The van der Waals surface area contributed by atoms with Crippen LogP contribution >= 0.6 is 23.6 Å². The van der Waals surface area contributed by atoms with Crippen LogP contribution in [0.25, 0.3) is 0 Å². The molecule has 0 aliphatic rings. The average molecular weight is 344 g/mol. The molecule has 118 valence electrons. The Labute approximate surface area is 143 Å². The van der Waals surface area contributed by atoms with Crippen LogP contribution in [0.15, 0.2) is 53.1 Å². The molecule has 0 unspecified atom stereocenters. The van der Waals surface area contributed by atoms with Gasteiger partial charge in [-0.15, -0.1) is 11.3 Å². The third-order valence-electron chi connectivity index (χ3n) is 3.51. The molecule has 1 amide bonds. The largest absolute Gasteiger partial charge is 0.467 e. The van der Waals surface area contributed by atoms with Gasteiger partial charge in [-0.25, -0.2) is 0 Å². The molecule has 2 N–H and O–H groups in total. The number of hydrogen-bond donors (Lipinski definition) is 2. The molecule has 0 saturated carbocycles. The lowest BCUT2D eigenvalue weighted by Gasteiger charge is -2.17. The molecule has 3 rings (SSSR count). The quantitative estimate of drug-likeness (QED) is 0.684. The van der Waals surface area contributed by atoms with Crippen LogP contribution in [0.1, 0.15) is 27.9 Å². The predicted molar refractivity (Wildman–Crippen MR) is 93.1 cm³/mol. The molecule has 3 aromatic rings. The number of H-pyrrole nitrogens is 1. The first kappa shape index (κ1) is 15.7. The molecule has 0 saturated heterocycles. The minimum atomic E-state index is -0.300. The van der Waals surface area contributed by atoms with Crippen molar-refractivity contribution in [1.82, 2.24) is 10.3 Å². The fraction of sp³-hybridized carbons (Fsp3) is 0.176. The smallest absolute Gasteiger partial charge is 0.226 e. The zero-order valence-electron chi connectivity index (χ0n) is 12.5. The van der Waals surface area contributed by atoms with Crippen LogP contribution in [0.2, 0.25) is 0 Å². The maximum atomic E-state index is 12.5. The topological polar surface area (TPSA) is 58.0 Å². The van der Waals surface area contributed by atoms with Gasteiger partial charge in [0.25, 0.3) is 0 Å². The lowest BCUT2D eigenvalue weighted by molar-refractivity contribution is -0.121. The molecule has 2 aromatic heterocycles. The predicted octanol–water partition coefficient (Wildman–Crippen LogP) is 4.16. The number of benzene rings is 1. The summed E-state index contributed by atoms with van der Waals surface area (Å²) in [5, 5.41) is 3.05. The Hall–Kier alpha value is -2.18. The minimum absolute atomic E-state index is 0.0661. The van der Waals surface area contributed by atoms with Crippen molar-refractivity contribution in [3.8, 4) is 0 Å². The van der Waals surface area contributed by atoms with Crippen molar-refractivity contribution >= 4 is 29.5 Å². The van der Waals surface area contributed by atoms with Crippen LogP contribution in [0, 0.1) is 10.9 Å². The number of furan rings is 1. The van der Waals surface area contributed by atoms with Crippen LogP contribution in [0.5, 0.6) is 0 Å². The number of thiazole rings is 1. The zero-order valence-corrected chi connectivity index (χ0v) is 14.2. The van der Waals surface area contributed by atoms with Gasteiger partial charge in [-0.2, -0.15) is 0 Å². The summed E-state index contributed by atoms with van der Waals surface area (Å²) in [4.78, 5) is 16.5. The van der Waals surface area contributed by atoms with Crippen molar-refractivity contribution in [2.45, 2.75) is 19.4 Å². The Morgan fingerprint density at radius 2 is 2.09 bits per heavy atom. The standard InChI is InChI=1S/C17H16N2O2S2/c1-11-14(23-17(22)18-11)10-15(20)19-16(13-8-5-9-21-13)12-6-3-2-4-7-12/h2-9,16H,10H2,1H3,(H,18,22)(H,19,20)/t16-/m0/s1. The lowest BCUT2D eigenvalue weighted by Crippen LogP contribution is -2.30. The van der Waals surface area contributed by atoms with Gasteiger partial charge in [0, 0.05) is 10.6 Å². The van der Waals surface area contributed by atoms with Crippen LogP contribution in [0.4, 0.5) is 0 Å². The third-order valence-corrected chi connectivity index (χ3v) is 4.85. The zero-order chi connectivity index (χ0) is 16.2. The number of carbonyl (C=O) groups excluding carboxylic acids is 1. The third kappa shape index (κ3) is 3.78. The van der Waals surface area contributed by atoms with Gasteiger partial charge in [-0.3, -0.25) is 4.79 Å². The second-order valence-corrected chi connectivity index (χ2v) is 6.94. The molecule has 0 bridgehead atoms. The van der Waals surface area contributed by atoms with E-state index in [0.29, 0.717) is 16.1 Å². The average Bonchev–Trinajstić information content (AvgIpc) is 3.16. The fourth-order valence-electron chi connectivity index (χ4n) is 2.38. The van der Waals surface area contributed by atoms with E-state index in [2.05, 4.69) is 10.3 Å². The van der Waals surface area contributed by atoms with E-state index in [4.69, 9.17) is 16.6 Å². The lowest BCUT2D eigenvalue weighted by atomic mass is 10.0. The second-order valence-electron chi connectivity index (χ2n) is 5.17. The second kappa shape index (κ2) is 6.93. The van der Waals surface area contributed by atoms with Crippen molar-refractivity contribution in [2.24, 2.45) is 0 Å². The molecular formula is C17H16N2O2S2. The van der Waals surface area contributed by atoms with Crippen molar-refractivity contribution in [3.05, 3.63) is 74.6 Å². The summed E-state index contributed by atoms with van der Waals surface area (Å²) in [5.74, 6) is 0.645. The van der Waals surface area contributed by atoms with Gasteiger partial charge in [0.2, 0.25) is 5.91 Å². The van der Waals surface area contributed by atoms with Gasteiger partial charge in [-0.05, 0) is 36.8 Å². The molecule has 0 aliphatic heterocycles. The van der Waals surface area contributed by atoms with Crippen molar-refractivity contribution in [3.63, 3.8) is 0 Å². The summed E-state index contributed by atoms with van der Waals surface area (Å²) < 4.78 is 6.18. The van der Waals surface area contributed by atoms with E-state index in [1.165, 1.54) is 11.3 Å². The van der Waals surface area contributed by atoms with E-state index in [1.807, 2.05) is 49.4 Å². The van der Waals surface area contributed by atoms with Crippen LogP contribution in [-0.4, -0.2) is 10.9 Å². The number of aromatic amines is 1. The van der Waals surface area contributed by atoms with E-state index in [-0.39, 0.29) is 11.9 Å². The number of amides is 1. The summed E-state index contributed by atoms with van der Waals surface area (Å²) in [6, 6.07) is 13.2.